The second kappa shape index (κ2) is 3.99. The SMILES string of the molecule is CNC(=O)C=C(NC)C(F)(F)F. The molecular weight excluding hydrogens is 173 g/mol. The van der Waals surface area contributed by atoms with E-state index in [2.05, 4.69) is 0 Å². The highest BCUT2D eigenvalue weighted by Crippen LogP contribution is 2.22. The predicted octanol–water partition coefficient (Wildman–Crippen LogP) is 0.398. The normalized spacial score (nSPS) is 12.6. The molecule has 0 saturated carbocycles. The number of allylic oxidation sites excluding steroid dienone is 1. The fraction of sp³-hybridized carbons (Fsp3) is 0.500. The number of carbonyl (C=O) groups is 1. The Kier molecular flexibility index (Phi) is 3.59. The Bertz CT molecular complexity index is 197. The topological polar surface area (TPSA) is 41.1 Å². The third-order valence-electron chi connectivity index (χ3n) is 1.10. The first-order chi connectivity index (χ1) is 5.41. The summed E-state index contributed by atoms with van der Waals surface area (Å²) < 4.78 is 35.7. The molecular formula is C6H9F3N2O. The van der Waals surface area contributed by atoms with Gasteiger partial charge in [0, 0.05) is 20.2 Å². The van der Waals surface area contributed by atoms with E-state index in [-0.39, 0.29) is 0 Å². The molecule has 0 aromatic carbocycles. The standard InChI is InChI=1S/C6H9F3N2O/c1-10-4(6(7,8)9)3-5(12)11-2/h3,10H,1-2H3,(H,11,12). The zero-order valence-electron chi connectivity index (χ0n) is 6.62. The van der Waals surface area contributed by atoms with Crippen LogP contribution in [0, 0.1) is 0 Å². The first-order valence-electron chi connectivity index (χ1n) is 3.10. The summed E-state index contributed by atoms with van der Waals surface area (Å²) in [5, 5.41) is 3.93. The first kappa shape index (κ1) is 10.8. The molecule has 0 aliphatic heterocycles. The van der Waals surface area contributed by atoms with Crippen LogP contribution < -0.4 is 10.6 Å². The molecule has 0 bridgehead atoms. The molecule has 0 aliphatic rings. The summed E-state index contributed by atoms with van der Waals surface area (Å²) >= 11 is 0. The maximum atomic E-state index is 11.9. The summed E-state index contributed by atoms with van der Waals surface area (Å²) in [5.74, 6) is -0.795. The van der Waals surface area contributed by atoms with Crippen LogP contribution in [0.4, 0.5) is 13.2 Å². The summed E-state index contributed by atoms with van der Waals surface area (Å²) in [4.78, 5) is 10.5. The van der Waals surface area contributed by atoms with E-state index in [4.69, 9.17) is 0 Å². The Morgan fingerprint density at radius 3 is 2.00 bits per heavy atom. The molecule has 70 valence electrons. The summed E-state index contributed by atoms with van der Waals surface area (Å²) in [6, 6.07) is 0. The molecule has 0 fully saturated rings. The number of carbonyl (C=O) groups excluding carboxylic acids is 1. The molecule has 0 aromatic rings. The fourth-order valence-electron chi connectivity index (χ4n) is 0.499. The van der Waals surface area contributed by atoms with Crippen molar-refractivity contribution >= 4 is 5.91 Å². The number of rotatable bonds is 2. The highest BCUT2D eigenvalue weighted by Gasteiger charge is 2.33. The zero-order chi connectivity index (χ0) is 9.78. The van der Waals surface area contributed by atoms with Gasteiger partial charge in [0.05, 0.1) is 0 Å². The lowest BCUT2D eigenvalue weighted by Crippen LogP contribution is -2.26. The van der Waals surface area contributed by atoms with Crippen LogP contribution in [0.1, 0.15) is 0 Å². The van der Waals surface area contributed by atoms with Gasteiger partial charge in [0.15, 0.2) is 0 Å². The number of halogens is 3. The van der Waals surface area contributed by atoms with Gasteiger partial charge in [-0.15, -0.1) is 0 Å². The largest absolute Gasteiger partial charge is 0.431 e. The first-order valence-corrected chi connectivity index (χ1v) is 3.10. The fourth-order valence-corrected chi connectivity index (χ4v) is 0.499. The minimum atomic E-state index is -4.51. The van der Waals surface area contributed by atoms with Crippen molar-refractivity contribution in [3.63, 3.8) is 0 Å². The molecule has 0 unspecified atom stereocenters. The number of likely N-dealkylation sites (N-methyl/N-ethyl adjacent to an activating group) is 1. The molecule has 2 N–H and O–H groups in total. The van der Waals surface area contributed by atoms with E-state index in [1.54, 1.807) is 0 Å². The molecule has 12 heavy (non-hydrogen) atoms. The average molecular weight is 182 g/mol. The van der Waals surface area contributed by atoms with Gasteiger partial charge in [0.1, 0.15) is 5.70 Å². The van der Waals surface area contributed by atoms with Crippen molar-refractivity contribution in [2.75, 3.05) is 14.1 Å². The van der Waals surface area contributed by atoms with Crippen molar-refractivity contribution in [1.29, 1.82) is 0 Å². The number of nitrogens with one attached hydrogen (secondary N) is 2. The van der Waals surface area contributed by atoms with Crippen LogP contribution in [0.2, 0.25) is 0 Å². The number of alkyl halides is 3. The highest BCUT2D eigenvalue weighted by atomic mass is 19.4. The minimum Gasteiger partial charge on any atom is -0.384 e. The maximum absolute atomic E-state index is 11.9. The van der Waals surface area contributed by atoms with Crippen LogP contribution >= 0.6 is 0 Å². The Labute approximate surface area is 67.6 Å². The van der Waals surface area contributed by atoms with Gasteiger partial charge in [-0.25, -0.2) is 0 Å². The second-order valence-electron chi connectivity index (χ2n) is 1.92. The van der Waals surface area contributed by atoms with Crippen molar-refractivity contribution in [2.45, 2.75) is 6.18 Å². The van der Waals surface area contributed by atoms with Crippen molar-refractivity contribution in [1.82, 2.24) is 10.6 Å². The lowest BCUT2D eigenvalue weighted by Gasteiger charge is -2.09. The van der Waals surface area contributed by atoms with Crippen LogP contribution in [-0.2, 0) is 4.79 Å². The molecule has 0 radical (unpaired) electrons. The molecule has 0 atom stereocenters. The van der Waals surface area contributed by atoms with Crippen LogP contribution in [-0.4, -0.2) is 26.2 Å². The van der Waals surface area contributed by atoms with Crippen LogP contribution in [0.5, 0.6) is 0 Å². The van der Waals surface area contributed by atoms with Crippen molar-refractivity contribution in [2.24, 2.45) is 0 Å². The van der Waals surface area contributed by atoms with Crippen molar-refractivity contribution in [3.05, 3.63) is 11.8 Å². The van der Waals surface area contributed by atoms with E-state index in [0.717, 1.165) is 7.05 Å². The summed E-state index contributed by atoms with van der Waals surface area (Å²) in [6.07, 6.45) is -4.05. The lowest BCUT2D eigenvalue weighted by atomic mass is 10.3. The van der Waals surface area contributed by atoms with Gasteiger partial charge in [0.2, 0.25) is 5.91 Å². The van der Waals surface area contributed by atoms with Crippen LogP contribution in [0.15, 0.2) is 11.8 Å². The number of hydrogen-bond donors (Lipinski definition) is 2. The number of amides is 1. The Morgan fingerprint density at radius 1 is 1.25 bits per heavy atom. The van der Waals surface area contributed by atoms with Gasteiger partial charge in [-0.2, -0.15) is 13.2 Å². The number of hydrogen-bond acceptors (Lipinski definition) is 2. The van der Waals surface area contributed by atoms with Gasteiger partial charge in [-0.3, -0.25) is 4.79 Å². The average Bonchev–Trinajstić information content (AvgIpc) is 1.97. The molecule has 0 aliphatic carbocycles. The Morgan fingerprint density at radius 2 is 1.75 bits per heavy atom. The summed E-state index contributed by atoms with van der Waals surface area (Å²) in [5.41, 5.74) is -1.07. The predicted molar refractivity (Wildman–Crippen MR) is 37.3 cm³/mol. The van der Waals surface area contributed by atoms with Crippen molar-refractivity contribution < 1.29 is 18.0 Å². The lowest BCUT2D eigenvalue weighted by molar-refractivity contribution is -0.118. The molecule has 0 heterocycles. The van der Waals surface area contributed by atoms with Gasteiger partial charge in [0.25, 0.3) is 0 Å². The Hall–Kier alpha value is -1.20. The smallest absolute Gasteiger partial charge is 0.384 e. The molecule has 6 heteroatoms. The minimum absolute atomic E-state index is 0.458. The van der Waals surface area contributed by atoms with E-state index in [9.17, 15) is 18.0 Å². The van der Waals surface area contributed by atoms with E-state index in [1.807, 2.05) is 10.6 Å². The quantitative estimate of drug-likeness (QED) is 0.607. The molecule has 0 rings (SSSR count). The maximum Gasteiger partial charge on any atom is 0.431 e. The summed E-state index contributed by atoms with van der Waals surface area (Å²) in [7, 11) is 2.35. The molecule has 0 saturated heterocycles. The molecule has 0 aromatic heterocycles. The highest BCUT2D eigenvalue weighted by molar-refractivity contribution is 5.88. The Balaban J connectivity index is 4.55. The zero-order valence-corrected chi connectivity index (χ0v) is 6.62. The third kappa shape index (κ3) is 3.27. The third-order valence-corrected chi connectivity index (χ3v) is 1.10. The van der Waals surface area contributed by atoms with Gasteiger partial charge >= 0.3 is 6.18 Å². The van der Waals surface area contributed by atoms with Gasteiger partial charge < -0.3 is 10.6 Å². The second-order valence-corrected chi connectivity index (χ2v) is 1.92. The summed E-state index contributed by atoms with van der Waals surface area (Å²) in [6.45, 7) is 0. The monoisotopic (exact) mass is 182 g/mol. The molecule has 0 spiro atoms. The van der Waals surface area contributed by atoms with Crippen LogP contribution in [0.3, 0.4) is 0 Å². The van der Waals surface area contributed by atoms with Gasteiger partial charge in [-0.1, -0.05) is 0 Å². The molecule has 1 amide bonds. The van der Waals surface area contributed by atoms with E-state index < -0.39 is 17.8 Å². The van der Waals surface area contributed by atoms with Gasteiger partial charge in [-0.05, 0) is 0 Å². The van der Waals surface area contributed by atoms with E-state index in [1.165, 1.54) is 7.05 Å². The van der Waals surface area contributed by atoms with Crippen LogP contribution in [0.25, 0.3) is 0 Å². The van der Waals surface area contributed by atoms with Crippen molar-refractivity contribution in [3.8, 4) is 0 Å². The van der Waals surface area contributed by atoms with E-state index in [0.29, 0.717) is 6.08 Å². The molecule has 3 nitrogen and oxygen atoms in total. The van der Waals surface area contributed by atoms with E-state index >= 15 is 0 Å².